The molecule has 0 heterocycles. The minimum atomic E-state index is -0.627. The molecule has 0 aliphatic rings. The minimum Gasteiger partial charge on any atom is -0.457 e. The molecule has 1 N–H and O–H groups in total. The molecule has 0 aromatic heterocycles. The number of hydrogen-bond acceptors (Lipinski definition) is 2. The van der Waals surface area contributed by atoms with Crippen molar-refractivity contribution in [2.45, 2.75) is 13.0 Å². The van der Waals surface area contributed by atoms with Gasteiger partial charge < -0.3 is 9.84 Å². The molecule has 0 saturated heterocycles. The van der Waals surface area contributed by atoms with Crippen LogP contribution in [-0.2, 0) is 0 Å². The molecule has 2 aromatic rings. The monoisotopic (exact) mass is 266 g/mol. The molecule has 4 heteroatoms. The van der Waals surface area contributed by atoms with Crippen LogP contribution in [0, 0.1) is 5.82 Å². The fourth-order valence-electron chi connectivity index (χ4n) is 1.55. The third kappa shape index (κ3) is 3.00. The fourth-order valence-corrected chi connectivity index (χ4v) is 1.88. The maximum Gasteiger partial charge on any atom is 0.128 e. The summed E-state index contributed by atoms with van der Waals surface area (Å²) in [5.41, 5.74) is 0.642. The number of halogens is 2. The molecular weight excluding hydrogens is 255 g/mol. The van der Waals surface area contributed by atoms with Gasteiger partial charge in [-0.15, -0.1) is 0 Å². The summed E-state index contributed by atoms with van der Waals surface area (Å²) in [5.74, 6) is 0.748. The van der Waals surface area contributed by atoms with Gasteiger partial charge in [-0.3, -0.25) is 0 Å². The fraction of sp³-hybridized carbons (Fsp3) is 0.143. The quantitative estimate of drug-likeness (QED) is 0.896. The Hall–Kier alpha value is -1.58. The van der Waals surface area contributed by atoms with E-state index >= 15 is 0 Å². The predicted octanol–water partition coefficient (Wildman–Crippen LogP) is 4.32. The van der Waals surface area contributed by atoms with E-state index in [1.54, 1.807) is 25.1 Å². The van der Waals surface area contributed by atoms with Gasteiger partial charge in [-0.2, -0.15) is 0 Å². The van der Waals surface area contributed by atoms with Crippen LogP contribution in [0.4, 0.5) is 4.39 Å². The summed E-state index contributed by atoms with van der Waals surface area (Å²) >= 11 is 6.02. The van der Waals surface area contributed by atoms with E-state index in [0.717, 1.165) is 0 Å². The molecule has 18 heavy (non-hydrogen) atoms. The summed E-state index contributed by atoms with van der Waals surface area (Å²) < 4.78 is 18.2. The first-order valence-electron chi connectivity index (χ1n) is 5.47. The first kappa shape index (κ1) is 12.9. The van der Waals surface area contributed by atoms with Crippen LogP contribution in [0.25, 0.3) is 0 Å². The van der Waals surface area contributed by atoms with Gasteiger partial charge in [-0.05, 0) is 48.9 Å². The van der Waals surface area contributed by atoms with Gasteiger partial charge in [0.2, 0.25) is 0 Å². The molecule has 1 atom stereocenters. The zero-order valence-corrected chi connectivity index (χ0v) is 10.5. The Bertz CT molecular complexity index is 538. The van der Waals surface area contributed by atoms with E-state index in [2.05, 4.69) is 0 Å². The number of benzene rings is 2. The van der Waals surface area contributed by atoms with Crippen LogP contribution in [0.2, 0.25) is 5.02 Å². The van der Waals surface area contributed by atoms with E-state index in [1.165, 1.54) is 24.3 Å². The van der Waals surface area contributed by atoms with E-state index in [9.17, 15) is 9.50 Å². The number of hydrogen-bond donors (Lipinski definition) is 1. The predicted molar refractivity (Wildman–Crippen MR) is 68.6 cm³/mol. The smallest absolute Gasteiger partial charge is 0.128 e. The lowest BCUT2D eigenvalue weighted by Gasteiger charge is -2.10. The molecule has 0 spiro atoms. The summed E-state index contributed by atoms with van der Waals surface area (Å²) in [4.78, 5) is 0. The minimum absolute atomic E-state index is 0.315. The zero-order chi connectivity index (χ0) is 13.1. The van der Waals surface area contributed by atoms with Crippen molar-refractivity contribution >= 4 is 11.6 Å². The SMILES string of the molecule is CC(O)c1ccc(Oc2ccc(F)cc2)cc1Cl. The highest BCUT2D eigenvalue weighted by Gasteiger charge is 2.08. The maximum atomic E-state index is 12.7. The highest BCUT2D eigenvalue weighted by molar-refractivity contribution is 6.31. The van der Waals surface area contributed by atoms with Crippen LogP contribution in [0.1, 0.15) is 18.6 Å². The van der Waals surface area contributed by atoms with Crippen LogP contribution in [0.15, 0.2) is 42.5 Å². The molecule has 0 bridgehead atoms. The molecule has 0 aliphatic heterocycles. The van der Waals surface area contributed by atoms with Crippen molar-refractivity contribution in [1.29, 1.82) is 0 Å². The van der Waals surface area contributed by atoms with Crippen molar-refractivity contribution in [2.75, 3.05) is 0 Å². The lowest BCUT2D eigenvalue weighted by atomic mass is 10.1. The number of ether oxygens (including phenoxy) is 1. The van der Waals surface area contributed by atoms with Gasteiger partial charge in [-0.1, -0.05) is 17.7 Å². The summed E-state index contributed by atoms with van der Waals surface area (Å²) in [6, 6.07) is 10.7. The lowest BCUT2D eigenvalue weighted by Crippen LogP contribution is -1.93. The van der Waals surface area contributed by atoms with E-state index in [1.807, 2.05) is 0 Å². The van der Waals surface area contributed by atoms with Crippen LogP contribution in [0.3, 0.4) is 0 Å². The average Bonchev–Trinajstić information content (AvgIpc) is 2.32. The van der Waals surface area contributed by atoms with Gasteiger partial charge >= 0.3 is 0 Å². The standard InChI is InChI=1S/C14H12ClFO2/c1-9(17)13-7-6-12(8-14(13)15)18-11-4-2-10(16)3-5-11/h2-9,17H,1H3. The van der Waals surface area contributed by atoms with Gasteiger partial charge in [0.05, 0.1) is 11.1 Å². The Morgan fingerprint density at radius 2 is 1.72 bits per heavy atom. The van der Waals surface area contributed by atoms with Gasteiger partial charge in [0.25, 0.3) is 0 Å². The highest BCUT2D eigenvalue weighted by Crippen LogP contribution is 2.29. The largest absolute Gasteiger partial charge is 0.457 e. The van der Waals surface area contributed by atoms with Crippen molar-refractivity contribution in [2.24, 2.45) is 0 Å². The second-order valence-electron chi connectivity index (χ2n) is 3.92. The second kappa shape index (κ2) is 5.38. The highest BCUT2D eigenvalue weighted by atomic mass is 35.5. The first-order chi connectivity index (χ1) is 8.56. The van der Waals surface area contributed by atoms with Crippen LogP contribution in [-0.4, -0.2) is 5.11 Å². The summed E-state index contributed by atoms with van der Waals surface area (Å²) in [6.07, 6.45) is -0.627. The third-order valence-electron chi connectivity index (χ3n) is 2.47. The molecule has 2 aromatic carbocycles. The molecule has 2 rings (SSSR count). The molecule has 1 unspecified atom stereocenters. The van der Waals surface area contributed by atoms with Gasteiger partial charge in [0, 0.05) is 0 Å². The van der Waals surface area contributed by atoms with E-state index in [4.69, 9.17) is 16.3 Å². The summed E-state index contributed by atoms with van der Waals surface area (Å²) in [7, 11) is 0. The van der Waals surface area contributed by atoms with Gasteiger partial charge in [0.1, 0.15) is 17.3 Å². The first-order valence-corrected chi connectivity index (χ1v) is 5.85. The van der Waals surface area contributed by atoms with Crippen molar-refractivity contribution in [3.63, 3.8) is 0 Å². The molecule has 0 amide bonds. The topological polar surface area (TPSA) is 29.5 Å². The Morgan fingerprint density at radius 3 is 2.28 bits per heavy atom. The van der Waals surface area contributed by atoms with Gasteiger partial charge in [-0.25, -0.2) is 4.39 Å². The Labute approximate surface area is 110 Å². The molecule has 94 valence electrons. The Morgan fingerprint density at radius 1 is 1.11 bits per heavy atom. The van der Waals surface area contributed by atoms with Crippen molar-refractivity contribution < 1.29 is 14.2 Å². The molecule has 0 fully saturated rings. The third-order valence-corrected chi connectivity index (χ3v) is 2.80. The molecule has 2 nitrogen and oxygen atoms in total. The Kier molecular flexibility index (Phi) is 3.84. The maximum absolute atomic E-state index is 12.7. The Balaban J connectivity index is 2.20. The number of rotatable bonds is 3. The second-order valence-corrected chi connectivity index (χ2v) is 4.32. The molecule has 0 saturated carbocycles. The van der Waals surface area contributed by atoms with Crippen molar-refractivity contribution in [1.82, 2.24) is 0 Å². The number of aliphatic hydroxyl groups excluding tert-OH is 1. The molecular formula is C14H12ClFO2. The summed E-state index contributed by atoms with van der Waals surface area (Å²) in [6.45, 7) is 1.64. The summed E-state index contributed by atoms with van der Waals surface area (Å²) in [5, 5.41) is 9.88. The van der Waals surface area contributed by atoms with Gasteiger partial charge in [0.15, 0.2) is 0 Å². The van der Waals surface area contributed by atoms with Crippen molar-refractivity contribution in [3.8, 4) is 11.5 Å². The normalized spacial score (nSPS) is 12.2. The molecule has 0 aliphatic carbocycles. The zero-order valence-electron chi connectivity index (χ0n) is 9.73. The van der Waals surface area contributed by atoms with Crippen molar-refractivity contribution in [3.05, 3.63) is 58.9 Å². The van der Waals surface area contributed by atoms with Crippen LogP contribution >= 0.6 is 11.6 Å². The van der Waals surface area contributed by atoms with E-state index < -0.39 is 6.10 Å². The average molecular weight is 267 g/mol. The van der Waals surface area contributed by atoms with E-state index in [0.29, 0.717) is 22.1 Å². The van der Waals surface area contributed by atoms with Crippen LogP contribution in [0.5, 0.6) is 11.5 Å². The number of aliphatic hydroxyl groups is 1. The van der Waals surface area contributed by atoms with Crippen LogP contribution < -0.4 is 4.74 Å². The lowest BCUT2D eigenvalue weighted by molar-refractivity contribution is 0.199. The molecule has 0 radical (unpaired) electrons. The van der Waals surface area contributed by atoms with E-state index in [-0.39, 0.29) is 5.82 Å².